The van der Waals surface area contributed by atoms with Gasteiger partial charge in [-0.1, -0.05) is 29.2 Å². The van der Waals surface area contributed by atoms with Gasteiger partial charge in [-0.05, 0) is 6.08 Å². The summed E-state index contributed by atoms with van der Waals surface area (Å²) in [6.45, 7) is 3.01. The molecule has 0 aliphatic rings. The second kappa shape index (κ2) is 4.93. The van der Waals surface area contributed by atoms with Crippen molar-refractivity contribution in [2.24, 2.45) is 0 Å². The first-order valence-corrected chi connectivity index (χ1v) is 3.95. The van der Waals surface area contributed by atoms with Crippen molar-refractivity contribution in [3.05, 3.63) is 24.1 Å². The van der Waals surface area contributed by atoms with Crippen LogP contribution in [-0.2, 0) is 0 Å². The van der Waals surface area contributed by atoms with Crippen molar-refractivity contribution < 1.29 is 9.50 Å². The first-order valence-electron chi connectivity index (χ1n) is 2.43. The topological polar surface area (TPSA) is 20.2 Å². The Balaban J connectivity index is 4.17. The fourth-order valence-corrected chi connectivity index (χ4v) is 0.932. The minimum absolute atomic E-state index is 0.221. The van der Waals surface area contributed by atoms with E-state index in [1.165, 1.54) is 0 Å². The van der Waals surface area contributed by atoms with Crippen LogP contribution in [-0.4, -0.2) is 16.1 Å². The van der Waals surface area contributed by atoms with Crippen LogP contribution >= 0.6 is 22.6 Å². The van der Waals surface area contributed by atoms with Crippen LogP contribution in [0.5, 0.6) is 0 Å². The minimum Gasteiger partial charge on any atom is -0.392 e. The Morgan fingerprint density at radius 3 is 2.44 bits per heavy atom. The smallest absolute Gasteiger partial charge is 0.124 e. The molecule has 0 spiro atoms. The minimum atomic E-state index is -0.410. The fourth-order valence-electron chi connectivity index (χ4n) is 0.326. The van der Waals surface area contributed by atoms with Crippen molar-refractivity contribution in [3.63, 3.8) is 0 Å². The van der Waals surface area contributed by atoms with Crippen LogP contribution in [0.4, 0.5) is 4.39 Å². The summed E-state index contributed by atoms with van der Waals surface area (Å²) < 4.78 is 12.9. The van der Waals surface area contributed by atoms with E-state index >= 15 is 0 Å². The van der Waals surface area contributed by atoms with E-state index in [9.17, 15) is 4.39 Å². The number of rotatable bonds is 3. The first kappa shape index (κ1) is 9.10. The van der Waals surface area contributed by atoms with E-state index in [1.807, 2.05) is 22.6 Å². The number of aliphatic hydroxyl groups excluding tert-OH is 1. The van der Waals surface area contributed by atoms with Gasteiger partial charge in [0.25, 0.3) is 0 Å². The maximum Gasteiger partial charge on any atom is 0.124 e. The molecule has 0 heterocycles. The standard InChI is InChI=1S/C6H8FIO/c1-2-6(7)5(3-8)4-9/h2,9H,1,3-4H2/b6-5-. The lowest BCUT2D eigenvalue weighted by Crippen LogP contribution is -1.92. The Kier molecular flexibility index (Phi) is 4.99. The SMILES string of the molecule is C=C/C(F)=C(/CO)CI. The molecule has 0 aromatic carbocycles. The summed E-state index contributed by atoms with van der Waals surface area (Å²) in [5, 5.41) is 8.48. The molecule has 0 unspecified atom stereocenters. The van der Waals surface area contributed by atoms with E-state index < -0.39 is 5.83 Å². The Labute approximate surface area is 67.4 Å². The van der Waals surface area contributed by atoms with Crippen LogP contribution in [0, 0.1) is 0 Å². The average Bonchev–Trinajstić information content (AvgIpc) is 1.90. The first-order chi connectivity index (χ1) is 4.26. The highest BCUT2D eigenvalue weighted by Crippen LogP contribution is 2.08. The lowest BCUT2D eigenvalue weighted by molar-refractivity contribution is 0.328. The van der Waals surface area contributed by atoms with Gasteiger partial charge in [-0.3, -0.25) is 0 Å². The molecule has 0 fully saturated rings. The second-order valence-corrected chi connectivity index (χ2v) is 2.21. The molecule has 0 saturated heterocycles. The van der Waals surface area contributed by atoms with Crippen molar-refractivity contribution in [1.82, 2.24) is 0 Å². The van der Waals surface area contributed by atoms with Gasteiger partial charge in [0.2, 0.25) is 0 Å². The van der Waals surface area contributed by atoms with E-state index in [-0.39, 0.29) is 6.61 Å². The Hall–Kier alpha value is 0.1000. The molecule has 0 aromatic rings. The van der Waals surface area contributed by atoms with E-state index in [4.69, 9.17) is 5.11 Å². The molecule has 9 heavy (non-hydrogen) atoms. The van der Waals surface area contributed by atoms with Gasteiger partial charge >= 0.3 is 0 Å². The van der Waals surface area contributed by atoms with Gasteiger partial charge in [-0.15, -0.1) is 0 Å². The molecule has 0 bridgehead atoms. The summed E-state index contributed by atoms with van der Waals surface area (Å²) >= 11 is 1.98. The lowest BCUT2D eigenvalue weighted by Gasteiger charge is -1.96. The second-order valence-electron chi connectivity index (χ2n) is 1.45. The number of aliphatic hydroxyl groups is 1. The van der Waals surface area contributed by atoms with Crippen LogP contribution in [0.25, 0.3) is 0 Å². The molecule has 52 valence electrons. The molecule has 0 atom stereocenters. The highest BCUT2D eigenvalue weighted by atomic mass is 127. The average molecular weight is 242 g/mol. The van der Waals surface area contributed by atoms with Crippen molar-refractivity contribution in [2.45, 2.75) is 0 Å². The van der Waals surface area contributed by atoms with Gasteiger partial charge in [-0.25, -0.2) is 4.39 Å². The molecule has 0 aliphatic heterocycles. The molecular weight excluding hydrogens is 234 g/mol. The van der Waals surface area contributed by atoms with Crippen molar-refractivity contribution in [2.75, 3.05) is 11.0 Å². The summed E-state index contributed by atoms with van der Waals surface area (Å²) in [5.74, 6) is -0.410. The molecule has 0 rings (SSSR count). The van der Waals surface area contributed by atoms with E-state index in [0.717, 1.165) is 6.08 Å². The number of hydrogen-bond donors (Lipinski definition) is 1. The molecule has 0 saturated carbocycles. The largest absolute Gasteiger partial charge is 0.392 e. The fraction of sp³-hybridized carbons (Fsp3) is 0.333. The predicted octanol–water partition coefficient (Wildman–Crippen LogP) is 1.82. The van der Waals surface area contributed by atoms with Crippen LogP contribution in [0.3, 0.4) is 0 Å². The maximum atomic E-state index is 12.4. The third kappa shape index (κ3) is 2.95. The quantitative estimate of drug-likeness (QED) is 0.454. The predicted molar refractivity (Wildman–Crippen MR) is 44.3 cm³/mol. The van der Waals surface area contributed by atoms with E-state index in [1.54, 1.807) is 0 Å². The number of allylic oxidation sites excluding steroid dienone is 2. The van der Waals surface area contributed by atoms with Gasteiger partial charge < -0.3 is 5.11 Å². The lowest BCUT2D eigenvalue weighted by atomic mass is 10.3. The van der Waals surface area contributed by atoms with Gasteiger partial charge in [0, 0.05) is 10.0 Å². The van der Waals surface area contributed by atoms with Gasteiger partial charge in [0.1, 0.15) is 5.83 Å². The molecular formula is C6H8FIO. The molecule has 3 heteroatoms. The van der Waals surface area contributed by atoms with Gasteiger partial charge in [-0.2, -0.15) is 0 Å². The highest BCUT2D eigenvalue weighted by molar-refractivity contribution is 14.1. The van der Waals surface area contributed by atoms with Crippen molar-refractivity contribution >= 4 is 22.6 Å². The number of alkyl halides is 1. The third-order valence-electron chi connectivity index (χ3n) is 0.869. The Morgan fingerprint density at radius 1 is 1.78 bits per heavy atom. The summed E-state index contributed by atoms with van der Waals surface area (Å²) in [6, 6.07) is 0. The van der Waals surface area contributed by atoms with Crippen LogP contribution in [0.1, 0.15) is 0 Å². The summed E-state index contributed by atoms with van der Waals surface area (Å²) in [4.78, 5) is 0. The van der Waals surface area contributed by atoms with E-state index in [2.05, 4.69) is 6.58 Å². The Bertz CT molecular complexity index is 125. The zero-order valence-corrected chi connectivity index (χ0v) is 7.06. The summed E-state index contributed by atoms with van der Waals surface area (Å²) in [7, 11) is 0. The number of hydrogen-bond acceptors (Lipinski definition) is 1. The zero-order chi connectivity index (χ0) is 7.28. The normalized spacial score (nSPS) is 12.8. The maximum absolute atomic E-state index is 12.4. The molecule has 0 radical (unpaired) electrons. The zero-order valence-electron chi connectivity index (χ0n) is 4.90. The van der Waals surface area contributed by atoms with Crippen molar-refractivity contribution in [3.8, 4) is 0 Å². The molecule has 1 N–H and O–H groups in total. The van der Waals surface area contributed by atoms with Gasteiger partial charge in [0.05, 0.1) is 6.61 Å². The van der Waals surface area contributed by atoms with Crippen LogP contribution in [0.15, 0.2) is 24.1 Å². The summed E-state index contributed by atoms with van der Waals surface area (Å²) in [5.41, 5.74) is 0.394. The molecule has 0 aliphatic carbocycles. The monoisotopic (exact) mass is 242 g/mol. The van der Waals surface area contributed by atoms with Crippen LogP contribution in [0.2, 0.25) is 0 Å². The van der Waals surface area contributed by atoms with Crippen molar-refractivity contribution in [1.29, 1.82) is 0 Å². The molecule has 0 aromatic heterocycles. The number of halogens is 2. The van der Waals surface area contributed by atoms with E-state index in [0.29, 0.717) is 10.0 Å². The molecule has 0 amide bonds. The Morgan fingerprint density at radius 2 is 2.33 bits per heavy atom. The molecule has 1 nitrogen and oxygen atoms in total. The van der Waals surface area contributed by atoms with Gasteiger partial charge in [0.15, 0.2) is 0 Å². The third-order valence-corrected chi connectivity index (χ3v) is 1.79. The van der Waals surface area contributed by atoms with Crippen LogP contribution < -0.4 is 0 Å². The highest BCUT2D eigenvalue weighted by Gasteiger charge is 1.98. The summed E-state index contributed by atoms with van der Waals surface area (Å²) in [6.07, 6.45) is 1.10.